The predicted octanol–water partition coefficient (Wildman–Crippen LogP) is 1.55. The summed E-state index contributed by atoms with van der Waals surface area (Å²) in [5.74, 6) is 1.34. The standard InChI is InChI=1S/C15H21N5O2S/c1-18(2)15-16-13(22-17-15)11-19-6-4-7-20(9-8-19)14(21)12-5-3-10-23-12/h3,5,10H,4,6-9,11H2,1-2H3. The predicted molar refractivity (Wildman–Crippen MR) is 88.7 cm³/mol. The van der Waals surface area contributed by atoms with E-state index in [2.05, 4.69) is 15.0 Å². The first kappa shape index (κ1) is 15.9. The van der Waals surface area contributed by atoms with Crippen molar-refractivity contribution in [3.8, 4) is 0 Å². The molecule has 3 heterocycles. The lowest BCUT2D eigenvalue weighted by atomic mass is 10.3. The summed E-state index contributed by atoms with van der Waals surface area (Å²) in [5.41, 5.74) is 0. The molecule has 1 aliphatic rings. The van der Waals surface area contributed by atoms with Gasteiger partial charge in [0.05, 0.1) is 11.4 Å². The van der Waals surface area contributed by atoms with Crippen LogP contribution < -0.4 is 4.90 Å². The van der Waals surface area contributed by atoms with Crippen LogP contribution in [0.15, 0.2) is 22.0 Å². The lowest BCUT2D eigenvalue weighted by Crippen LogP contribution is -2.34. The third-order valence-electron chi connectivity index (χ3n) is 3.82. The molecule has 1 saturated heterocycles. The molecule has 0 atom stereocenters. The molecule has 2 aromatic heterocycles. The highest BCUT2D eigenvalue weighted by atomic mass is 32.1. The molecule has 0 spiro atoms. The van der Waals surface area contributed by atoms with Crippen LogP contribution in [0.2, 0.25) is 0 Å². The van der Waals surface area contributed by atoms with Gasteiger partial charge in [0.15, 0.2) is 0 Å². The van der Waals surface area contributed by atoms with Crippen molar-refractivity contribution in [3.63, 3.8) is 0 Å². The van der Waals surface area contributed by atoms with Crippen molar-refractivity contribution >= 4 is 23.2 Å². The number of amides is 1. The van der Waals surface area contributed by atoms with Gasteiger partial charge in [-0.1, -0.05) is 6.07 Å². The summed E-state index contributed by atoms with van der Waals surface area (Å²) in [7, 11) is 3.77. The van der Waals surface area contributed by atoms with Gasteiger partial charge in [0.2, 0.25) is 5.89 Å². The van der Waals surface area contributed by atoms with Gasteiger partial charge in [-0.05, 0) is 23.0 Å². The summed E-state index contributed by atoms with van der Waals surface area (Å²) in [6.07, 6.45) is 0.950. The molecule has 0 saturated carbocycles. The Kier molecular flexibility index (Phi) is 4.92. The van der Waals surface area contributed by atoms with Crippen LogP contribution in [0.1, 0.15) is 22.0 Å². The van der Waals surface area contributed by atoms with Crippen LogP contribution in [0.3, 0.4) is 0 Å². The average molecular weight is 335 g/mol. The molecule has 1 aliphatic heterocycles. The lowest BCUT2D eigenvalue weighted by molar-refractivity contribution is 0.0765. The van der Waals surface area contributed by atoms with Gasteiger partial charge in [0.1, 0.15) is 0 Å². The number of nitrogens with zero attached hydrogens (tertiary/aromatic N) is 5. The van der Waals surface area contributed by atoms with Crippen LogP contribution in [-0.2, 0) is 6.54 Å². The Hall–Kier alpha value is -1.93. The minimum atomic E-state index is 0.134. The average Bonchev–Trinajstić information content (AvgIpc) is 3.16. The van der Waals surface area contributed by atoms with E-state index in [0.29, 0.717) is 18.4 Å². The van der Waals surface area contributed by atoms with Crippen LogP contribution in [0.5, 0.6) is 0 Å². The molecule has 0 unspecified atom stereocenters. The molecule has 0 N–H and O–H groups in total. The molecule has 0 radical (unpaired) electrons. The maximum Gasteiger partial charge on any atom is 0.265 e. The second-order valence-electron chi connectivity index (χ2n) is 5.78. The van der Waals surface area contributed by atoms with E-state index in [4.69, 9.17) is 4.52 Å². The molecule has 2 aromatic rings. The van der Waals surface area contributed by atoms with E-state index in [1.807, 2.05) is 41.4 Å². The molecule has 7 nitrogen and oxygen atoms in total. The number of aromatic nitrogens is 2. The SMILES string of the molecule is CN(C)c1noc(CN2CCCN(C(=O)c3cccs3)CC2)n1. The molecule has 0 bridgehead atoms. The zero-order valence-corrected chi connectivity index (χ0v) is 14.3. The van der Waals surface area contributed by atoms with E-state index < -0.39 is 0 Å². The molecule has 23 heavy (non-hydrogen) atoms. The second-order valence-corrected chi connectivity index (χ2v) is 6.73. The fourth-order valence-corrected chi connectivity index (χ4v) is 3.26. The second kappa shape index (κ2) is 7.10. The Morgan fingerprint density at radius 3 is 2.91 bits per heavy atom. The monoisotopic (exact) mass is 335 g/mol. The molecular weight excluding hydrogens is 314 g/mol. The quantitative estimate of drug-likeness (QED) is 0.844. The molecule has 1 amide bonds. The minimum Gasteiger partial charge on any atom is -0.344 e. The Morgan fingerprint density at radius 1 is 1.35 bits per heavy atom. The summed E-state index contributed by atoms with van der Waals surface area (Å²) < 4.78 is 5.28. The highest BCUT2D eigenvalue weighted by molar-refractivity contribution is 7.12. The van der Waals surface area contributed by atoms with Crippen molar-refractivity contribution < 1.29 is 9.32 Å². The first-order valence-electron chi connectivity index (χ1n) is 7.68. The molecule has 0 aromatic carbocycles. The highest BCUT2D eigenvalue weighted by Gasteiger charge is 2.22. The zero-order valence-electron chi connectivity index (χ0n) is 13.4. The summed E-state index contributed by atoms with van der Waals surface area (Å²) in [6, 6.07) is 3.80. The first-order valence-corrected chi connectivity index (χ1v) is 8.56. The maximum absolute atomic E-state index is 12.4. The number of hydrogen-bond acceptors (Lipinski definition) is 7. The van der Waals surface area contributed by atoms with E-state index in [1.165, 1.54) is 11.3 Å². The number of rotatable bonds is 4. The summed E-state index contributed by atoms with van der Waals surface area (Å²) in [6.45, 7) is 3.89. The first-order chi connectivity index (χ1) is 11.1. The summed E-state index contributed by atoms with van der Waals surface area (Å²) in [4.78, 5) is 23.6. The van der Waals surface area contributed by atoms with Crippen LogP contribution in [0.4, 0.5) is 5.95 Å². The molecule has 3 rings (SSSR count). The number of carbonyl (C=O) groups is 1. The number of hydrogen-bond donors (Lipinski definition) is 0. The van der Waals surface area contributed by atoms with Gasteiger partial charge in [0, 0.05) is 40.3 Å². The van der Waals surface area contributed by atoms with Crippen molar-refractivity contribution in [2.24, 2.45) is 0 Å². The molecule has 0 aliphatic carbocycles. The van der Waals surface area contributed by atoms with Crippen molar-refractivity contribution in [1.82, 2.24) is 19.9 Å². The van der Waals surface area contributed by atoms with Gasteiger partial charge in [0.25, 0.3) is 11.9 Å². The van der Waals surface area contributed by atoms with Crippen LogP contribution in [0.25, 0.3) is 0 Å². The zero-order chi connectivity index (χ0) is 16.2. The minimum absolute atomic E-state index is 0.134. The smallest absolute Gasteiger partial charge is 0.265 e. The van der Waals surface area contributed by atoms with Crippen LogP contribution in [0, 0.1) is 0 Å². The summed E-state index contributed by atoms with van der Waals surface area (Å²) >= 11 is 1.50. The fourth-order valence-electron chi connectivity index (χ4n) is 2.57. The Labute approximate surface area is 139 Å². The van der Waals surface area contributed by atoms with E-state index in [-0.39, 0.29) is 5.91 Å². The van der Waals surface area contributed by atoms with Gasteiger partial charge in [-0.25, -0.2) is 0 Å². The van der Waals surface area contributed by atoms with Gasteiger partial charge < -0.3 is 14.3 Å². The van der Waals surface area contributed by atoms with Crippen LogP contribution in [-0.4, -0.2) is 66.1 Å². The number of thiophene rings is 1. The third-order valence-corrected chi connectivity index (χ3v) is 4.68. The van der Waals surface area contributed by atoms with Gasteiger partial charge >= 0.3 is 0 Å². The van der Waals surface area contributed by atoms with Crippen molar-refractivity contribution in [3.05, 3.63) is 28.3 Å². The topological polar surface area (TPSA) is 65.7 Å². The van der Waals surface area contributed by atoms with Gasteiger partial charge in [-0.3, -0.25) is 9.69 Å². The lowest BCUT2D eigenvalue weighted by Gasteiger charge is -2.20. The van der Waals surface area contributed by atoms with Crippen molar-refractivity contribution in [1.29, 1.82) is 0 Å². The molecular formula is C15H21N5O2S. The Balaban J connectivity index is 1.56. The van der Waals surface area contributed by atoms with E-state index in [9.17, 15) is 4.79 Å². The largest absolute Gasteiger partial charge is 0.344 e. The maximum atomic E-state index is 12.4. The normalized spacial score (nSPS) is 16.3. The van der Waals surface area contributed by atoms with Crippen LogP contribution >= 0.6 is 11.3 Å². The molecule has 8 heteroatoms. The van der Waals surface area contributed by atoms with Gasteiger partial charge in [-0.2, -0.15) is 4.98 Å². The number of anilines is 1. The highest BCUT2D eigenvalue weighted by Crippen LogP contribution is 2.15. The summed E-state index contributed by atoms with van der Waals surface area (Å²) in [5, 5.41) is 5.87. The van der Waals surface area contributed by atoms with E-state index >= 15 is 0 Å². The number of carbonyl (C=O) groups excluding carboxylic acids is 1. The van der Waals surface area contributed by atoms with Gasteiger partial charge in [-0.15, -0.1) is 11.3 Å². The van der Waals surface area contributed by atoms with E-state index in [0.717, 1.165) is 37.5 Å². The Morgan fingerprint density at radius 2 is 2.22 bits per heavy atom. The molecule has 1 fully saturated rings. The van der Waals surface area contributed by atoms with Crippen molar-refractivity contribution in [2.45, 2.75) is 13.0 Å². The third kappa shape index (κ3) is 3.89. The van der Waals surface area contributed by atoms with E-state index in [1.54, 1.807) is 0 Å². The molecule has 124 valence electrons. The Bertz CT molecular complexity index is 640. The van der Waals surface area contributed by atoms with Crippen molar-refractivity contribution in [2.75, 3.05) is 45.2 Å². The fraction of sp³-hybridized carbons (Fsp3) is 0.533.